The molecule has 3 rings (SSSR count). The number of anilines is 1. The van der Waals surface area contributed by atoms with Crippen molar-refractivity contribution in [2.24, 2.45) is 5.73 Å². The lowest BCUT2D eigenvalue weighted by atomic mass is 10.1. The van der Waals surface area contributed by atoms with E-state index in [0.717, 1.165) is 33.3 Å². The fourth-order valence-electron chi connectivity index (χ4n) is 2.61. The van der Waals surface area contributed by atoms with E-state index in [2.05, 4.69) is 46.5 Å². The molecule has 134 valence electrons. The number of thiazole rings is 1. The van der Waals surface area contributed by atoms with Gasteiger partial charge >= 0.3 is 0 Å². The molecule has 0 aliphatic heterocycles. The van der Waals surface area contributed by atoms with Crippen LogP contribution in [0.2, 0.25) is 0 Å². The molecule has 5 nitrogen and oxygen atoms in total. The van der Waals surface area contributed by atoms with Crippen molar-refractivity contribution in [1.29, 1.82) is 0 Å². The molecule has 0 saturated carbocycles. The number of nitrogens with two attached hydrogens (primary N) is 1. The summed E-state index contributed by atoms with van der Waals surface area (Å²) in [5.74, 6) is 0.393. The van der Waals surface area contributed by atoms with E-state index < -0.39 is 0 Å². The van der Waals surface area contributed by atoms with Crippen molar-refractivity contribution in [3.63, 3.8) is 0 Å². The molecule has 0 aliphatic carbocycles. The smallest absolute Gasteiger partial charge is 0.229 e. The normalized spacial score (nSPS) is 10.7. The van der Waals surface area contributed by atoms with Crippen LogP contribution >= 0.6 is 23.6 Å². The Kier molecular flexibility index (Phi) is 5.90. The molecular formula is C19H21N5S2. The number of unbranched alkanes of at least 4 members (excludes halogenated alkanes) is 1. The maximum Gasteiger partial charge on any atom is 0.229 e. The van der Waals surface area contributed by atoms with Gasteiger partial charge in [0.25, 0.3) is 0 Å². The lowest BCUT2D eigenvalue weighted by molar-refractivity contribution is 0.795. The minimum atomic E-state index is 0.145. The molecule has 7 heteroatoms. The van der Waals surface area contributed by atoms with E-state index in [-0.39, 0.29) is 5.11 Å². The summed E-state index contributed by atoms with van der Waals surface area (Å²) in [6, 6.07) is 10.5. The molecule has 2 heterocycles. The molecule has 0 bridgehead atoms. The third-order valence-electron chi connectivity index (χ3n) is 3.94. The van der Waals surface area contributed by atoms with Crippen LogP contribution in [-0.2, 0) is 6.42 Å². The molecule has 0 aliphatic rings. The second-order valence-corrected chi connectivity index (χ2v) is 7.43. The van der Waals surface area contributed by atoms with E-state index in [1.807, 2.05) is 13.0 Å². The van der Waals surface area contributed by atoms with Gasteiger partial charge in [-0.2, -0.15) is 0 Å². The van der Waals surface area contributed by atoms with Gasteiger partial charge in [0.05, 0.1) is 16.3 Å². The van der Waals surface area contributed by atoms with E-state index in [0.29, 0.717) is 5.95 Å². The van der Waals surface area contributed by atoms with Crippen LogP contribution in [0, 0.1) is 6.92 Å². The number of hydrogen-bond donors (Lipinski definition) is 2. The van der Waals surface area contributed by atoms with Crippen molar-refractivity contribution in [3.05, 3.63) is 47.8 Å². The standard InChI is InChI=1S/C19H21N5S2/c1-3-4-5-13-6-8-14(9-7-13)17-22-12(2)16(26-17)15-10-11-21-19(23-15)24-18(20)25/h6-11H,3-5H2,1-2H3,(H3,20,21,23,24,25). The number of thiocarbonyl (C=S) groups is 1. The predicted octanol–water partition coefficient (Wildman–Crippen LogP) is 4.57. The minimum Gasteiger partial charge on any atom is -0.376 e. The summed E-state index contributed by atoms with van der Waals surface area (Å²) >= 11 is 6.47. The SMILES string of the molecule is CCCCc1ccc(-c2nc(C)c(-c3ccnc(NC(N)=S)n3)s2)cc1. The Labute approximate surface area is 162 Å². The summed E-state index contributed by atoms with van der Waals surface area (Å²) in [7, 11) is 0. The van der Waals surface area contributed by atoms with E-state index in [1.54, 1.807) is 17.5 Å². The maximum absolute atomic E-state index is 5.50. The molecule has 1 aromatic carbocycles. The van der Waals surface area contributed by atoms with Gasteiger partial charge in [0.15, 0.2) is 5.11 Å². The first-order valence-electron chi connectivity index (χ1n) is 8.53. The number of hydrogen-bond acceptors (Lipinski definition) is 5. The van der Waals surface area contributed by atoms with Gasteiger partial charge in [0.2, 0.25) is 5.95 Å². The van der Waals surface area contributed by atoms with Gasteiger partial charge in [-0.15, -0.1) is 11.3 Å². The van der Waals surface area contributed by atoms with Gasteiger partial charge in [-0.1, -0.05) is 37.6 Å². The van der Waals surface area contributed by atoms with E-state index in [9.17, 15) is 0 Å². The molecule has 26 heavy (non-hydrogen) atoms. The summed E-state index contributed by atoms with van der Waals surface area (Å²) in [5.41, 5.74) is 9.74. The van der Waals surface area contributed by atoms with Gasteiger partial charge < -0.3 is 11.1 Å². The van der Waals surface area contributed by atoms with Crippen LogP contribution in [0.5, 0.6) is 0 Å². The van der Waals surface area contributed by atoms with Crippen LogP contribution in [0.25, 0.3) is 21.1 Å². The molecule has 3 N–H and O–H groups in total. The predicted molar refractivity (Wildman–Crippen MR) is 112 cm³/mol. The first kappa shape index (κ1) is 18.4. The van der Waals surface area contributed by atoms with Crippen LogP contribution in [0.15, 0.2) is 36.5 Å². The third kappa shape index (κ3) is 4.42. The average Bonchev–Trinajstić information content (AvgIpc) is 3.02. The molecule has 3 aromatic rings. The Morgan fingerprint density at radius 2 is 1.96 bits per heavy atom. The van der Waals surface area contributed by atoms with Crippen molar-refractivity contribution >= 4 is 34.6 Å². The fourth-order valence-corrected chi connectivity index (χ4v) is 3.74. The van der Waals surface area contributed by atoms with E-state index in [1.165, 1.54) is 18.4 Å². The minimum absolute atomic E-state index is 0.145. The Hall–Kier alpha value is -2.38. The number of nitrogens with zero attached hydrogens (tertiary/aromatic N) is 3. The van der Waals surface area contributed by atoms with Gasteiger partial charge in [0, 0.05) is 11.8 Å². The monoisotopic (exact) mass is 383 g/mol. The van der Waals surface area contributed by atoms with E-state index in [4.69, 9.17) is 22.9 Å². The highest BCUT2D eigenvalue weighted by Gasteiger charge is 2.13. The highest BCUT2D eigenvalue weighted by Crippen LogP contribution is 2.34. The molecular weight excluding hydrogens is 362 g/mol. The first-order chi connectivity index (χ1) is 12.6. The zero-order chi connectivity index (χ0) is 18.5. The fraction of sp³-hybridized carbons (Fsp3) is 0.263. The number of aromatic nitrogens is 3. The lowest BCUT2D eigenvalue weighted by Crippen LogP contribution is -2.20. The summed E-state index contributed by atoms with van der Waals surface area (Å²) in [5, 5.41) is 3.90. The zero-order valence-corrected chi connectivity index (χ0v) is 16.5. The maximum atomic E-state index is 5.50. The Morgan fingerprint density at radius 3 is 2.65 bits per heavy atom. The van der Waals surface area contributed by atoms with Crippen molar-refractivity contribution in [3.8, 4) is 21.1 Å². The highest BCUT2D eigenvalue weighted by molar-refractivity contribution is 7.80. The van der Waals surface area contributed by atoms with Crippen LogP contribution in [0.4, 0.5) is 5.95 Å². The number of benzene rings is 1. The molecule has 0 spiro atoms. The molecule has 0 atom stereocenters. The van der Waals surface area contributed by atoms with Crippen LogP contribution < -0.4 is 11.1 Å². The van der Waals surface area contributed by atoms with Crippen LogP contribution in [0.1, 0.15) is 31.0 Å². The first-order valence-corrected chi connectivity index (χ1v) is 9.76. The van der Waals surface area contributed by atoms with Crippen LogP contribution in [0.3, 0.4) is 0 Å². The molecule has 0 unspecified atom stereocenters. The average molecular weight is 384 g/mol. The van der Waals surface area contributed by atoms with Crippen LogP contribution in [-0.4, -0.2) is 20.1 Å². The molecule has 0 saturated heterocycles. The lowest BCUT2D eigenvalue weighted by Gasteiger charge is -2.03. The van der Waals surface area contributed by atoms with Crippen molar-refractivity contribution < 1.29 is 0 Å². The summed E-state index contributed by atoms with van der Waals surface area (Å²) < 4.78 is 0. The largest absolute Gasteiger partial charge is 0.376 e. The Bertz CT molecular complexity index is 903. The second-order valence-electron chi connectivity index (χ2n) is 5.99. The third-order valence-corrected chi connectivity index (χ3v) is 5.27. The quantitative estimate of drug-likeness (QED) is 0.607. The van der Waals surface area contributed by atoms with Gasteiger partial charge in [0.1, 0.15) is 5.01 Å². The Balaban J connectivity index is 1.86. The zero-order valence-electron chi connectivity index (χ0n) is 14.8. The Morgan fingerprint density at radius 1 is 1.19 bits per heavy atom. The number of aryl methyl sites for hydroxylation is 2. The van der Waals surface area contributed by atoms with Gasteiger partial charge in [-0.05, 0) is 43.6 Å². The molecule has 2 aromatic heterocycles. The van der Waals surface area contributed by atoms with Crippen molar-refractivity contribution in [2.45, 2.75) is 33.1 Å². The number of rotatable bonds is 6. The van der Waals surface area contributed by atoms with E-state index >= 15 is 0 Å². The molecule has 0 fully saturated rings. The topological polar surface area (TPSA) is 76.7 Å². The van der Waals surface area contributed by atoms with Crippen molar-refractivity contribution in [1.82, 2.24) is 15.0 Å². The molecule has 0 radical (unpaired) electrons. The van der Waals surface area contributed by atoms with Gasteiger partial charge in [-0.25, -0.2) is 15.0 Å². The molecule has 0 amide bonds. The summed E-state index contributed by atoms with van der Waals surface area (Å²) in [6.45, 7) is 4.21. The van der Waals surface area contributed by atoms with Gasteiger partial charge in [-0.3, -0.25) is 0 Å². The van der Waals surface area contributed by atoms with Crippen molar-refractivity contribution in [2.75, 3.05) is 5.32 Å². The summed E-state index contributed by atoms with van der Waals surface area (Å²) in [4.78, 5) is 14.4. The summed E-state index contributed by atoms with van der Waals surface area (Å²) in [6.07, 6.45) is 5.24. The highest BCUT2D eigenvalue weighted by atomic mass is 32.1. The number of nitrogens with one attached hydrogen (secondary N) is 1. The second kappa shape index (κ2) is 8.33.